The Labute approximate surface area is 76.3 Å². The van der Waals surface area contributed by atoms with E-state index in [0.29, 0.717) is 0 Å². The van der Waals surface area contributed by atoms with Crippen LogP contribution in [0.15, 0.2) is 19.0 Å². The lowest BCUT2D eigenvalue weighted by Crippen LogP contribution is -2.32. The van der Waals surface area contributed by atoms with Gasteiger partial charge in [-0.3, -0.25) is 9.89 Å². The van der Waals surface area contributed by atoms with E-state index in [0.717, 1.165) is 6.42 Å². The third kappa shape index (κ3) is 2.70. The van der Waals surface area contributed by atoms with Gasteiger partial charge in [0.25, 0.3) is 5.91 Å². The monoisotopic (exact) mass is 180 g/mol. The van der Waals surface area contributed by atoms with E-state index in [1.165, 1.54) is 6.33 Å². The molecule has 1 aromatic heterocycles. The third-order valence-electron chi connectivity index (χ3n) is 1.53. The number of hydrogen-bond acceptors (Lipinski definition) is 3. The van der Waals surface area contributed by atoms with Gasteiger partial charge >= 0.3 is 0 Å². The van der Waals surface area contributed by atoms with E-state index in [4.69, 9.17) is 0 Å². The molecule has 0 radical (unpaired) electrons. The van der Waals surface area contributed by atoms with Crippen LogP contribution in [0.25, 0.3) is 0 Å². The molecule has 13 heavy (non-hydrogen) atoms. The minimum atomic E-state index is -0.244. The molecule has 0 aromatic carbocycles. The number of carbonyl (C=O) groups is 1. The molecule has 2 N–H and O–H groups in total. The largest absolute Gasteiger partial charge is 0.347 e. The Morgan fingerprint density at radius 2 is 2.69 bits per heavy atom. The summed E-state index contributed by atoms with van der Waals surface area (Å²) in [6.45, 7) is 5.48. The SMILES string of the molecule is C=CCC(C)NC(=O)c1ncn[nH]1. The molecule has 0 fully saturated rings. The maximum absolute atomic E-state index is 11.3. The lowest BCUT2D eigenvalue weighted by Gasteiger charge is -2.09. The van der Waals surface area contributed by atoms with Crippen molar-refractivity contribution in [1.82, 2.24) is 20.5 Å². The summed E-state index contributed by atoms with van der Waals surface area (Å²) in [4.78, 5) is 15.0. The third-order valence-corrected chi connectivity index (χ3v) is 1.53. The van der Waals surface area contributed by atoms with Crippen molar-refractivity contribution in [2.45, 2.75) is 19.4 Å². The maximum Gasteiger partial charge on any atom is 0.288 e. The fraction of sp³-hybridized carbons (Fsp3) is 0.375. The minimum absolute atomic E-state index is 0.0649. The normalized spacial score (nSPS) is 12.1. The molecule has 5 heteroatoms. The van der Waals surface area contributed by atoms with Crippen molar-refractivity contribution in [2.24, 2.45) is 0 Å². The van der Waals surface area contributed by atoms with E-state index < -0.39 is 0 Å². The molecule has 0 saturated heterocycles. The molecule has 5 nitrogen and oxygen atoms in total. The number of hydrogen-bond donors (Lipinski definition) is 2. The smallest absolute Gasteiger partial charge is 0.288 e. The molecule has 0 aliphatic rings. The summed E-state index contributed by atoms with van der Waals surface area (Å²) in [7, 11) is 0. The van der Waals surface area contributed by atoms with Gasteiger partial charge in [-0.15, -0.1) is 6.58 Å². The number of rotatable bonds is 4. The zero-order valence-electron chi connectivity index (χ0n) is 7.45. The van der Waals surface area contributed by atoms with Crippen LogP contribution in [-0.4, -0.2) is 27.1 Å². The second-order valence-corrected chi connectivity index (χ2v) is 2.73. The zero-order chi connectivity index (χ0) is 9.68. The predicted octanol–water partition coefficient (Wildman–Crippen LogP) is 0.499. The van der Waals surface area contributed by atoms with Crippen molar-refractivity contribution < 1.29 is 4.79 Å². The van der Waals surface area contributed by atoms with Crippen molar-refractivity contribution in [3.05, 3.63) is 24.8 Å². The zero-order valence-corrected chi connectivity index (χ0v) is 7.45. The highest BCUT2D eigenvalue weighted by atomic mass is 16.2. The van der Waals surface area contributed by atoms with Crippen molar-refractivity contribution in [1.29, 1.82) is 0 Å². The van der Waals surface area contributed by atoms with E-state index >= 15 is 0 Å². The molecule has 1 heterocycles. The van der Waals surface area contributed by atoms with Crippen LogP contribution in [0.3, 0.4) is 0 Å². The standard InChI is InChI=1S/C8H12N4O/c1-3-4-6(2)11-8(13)7-9-5-10-12-7/h3,5-6H,1,4H2,2H3,(H,11,13)(H,9,10,12). The molecule has 1 atom stereocenters. The minimum Gasteiger partial charge on any atom is -0.347 e. The predicted molar refractivity (Wildman–Crippen MR) is 48.1 cm³/mol. The topological polar surface area (TPSA) is 70.7 Å². The van der Waals surface area contributed by atoms with E-state index in [-0.39, 0.29) is 17.8 Å². The van der Waals surface area contributed by atoms with Crippen LogP contribution in [-0.2, 0) is 0 Å². The molecule has 0 aliphatic heterocycles. The molecule has 0 saturated carbocycles. The lowest BCUT2D eigenvalue weighted by atomic mass is 10.2. The fourth-order valence-electron chi connectivity index (χ4n) is 0.916. The highest BCUT2D eigenvalue weighted by Gasteiger charge is 2.10. The van der Waals surface area contributed by atoms with Crippen LogP contribution in [0.5, 0.6) is 0 Å². The summed E-state index contributed by atoms with van der Waals surface area (Å²) in [6, 6.07) is 0.0649. The first-order valence-corrected chi connectivity index (χ1v) is 4.01. The molecule has 1 unspecified atom stereocenters. The van der Waals surface area contributed by atoms with Gasteiger partial charge in [-0.1, -0.05) is 6.08 Å². The van der Waals surface area contributed by atoms with E-state index in [1.807, 2.05) is 6.92 Å². The highest BCUT2D eigenvalue weighted by Crippen LogP contribution is 1.93. The van der Waals surface area contributed by atoms with Gasteiger partial charge in [-0.25, -0.2) is 4.98 Å². The maximum atomic E-state index is 11.3. The molecule has 0 aliphatic carbocycles. The number of amides is 1. The van der Waals surface area contributed by atoms with Gasteiger partial charge in [0.15, 0.2) is 0 Å². The van der Waals surface area contributed by atoms with Crippen LogP contribution in [0, 0.1) is 0 Å². The molecule has 1 amide bonds. The summed E-state index contributed by atoms with van der Waals surface area (Å²) in [5, 5.41) is 8.80. The van der Waals surface area contributed by atoms with Gasteiger partial charge < -0.3 is 5.32 Å². The lowest BCUT2D eigenvalue weighted by molar-refractivity contribution is 0.0930. The molecule has 0 spiro atoms. The van der Waals surface area contributed by atoms with E-state index in [2.05, 4.69) is 27.1 Å². The first-order valence-electron chi connectivity index (χ1n) is 4.01. The number of nitrogens with one attached hydrogen (secondary N) is 2. The molecule has 1 aromatic rings. The van der Waals surface area contributed by atoms with Gasteiger partial charge in [-0.05, 0) is 13.3 Å². The molecule has 70 valence electrons. The van der Waals surface area contributed by atoms with Gasteiger partial charge in [-0.2, -0.15) is 5.10 Å². The molecular weight excluding hydrogens is 168 g/mol. The Hall–Kier alpha value is -1.65. The van der Waals surface area contributed by atoms with Crippen molar-refractivity contribution in [2.75, 3.05) is 0 Å². The Morgan fingerprint density at radius 3 is 3.23 bits per heavy atom. The molecule has 0 bridgehead atoms. The summed E-state index contributed by atoms with van der Waals surface area (Å²) in [5.74, 6) is -0.0113. The fourth-order valence-corrected chi connectivity index (χ4v) is 0.916. The first kappa shape index (κ1) is 9.44. The summed E-state index contributed by atoms with van der Waals surface area (Å²) in [6.07, 6.45) is 3.79. The van der Waals surface area contributed by atoms with Gasteiger partial charge in [0.2, 0.25) is 5.82 Å². The van der Waals surface area contributed by atoms with Crippen molar-refractivity contribution in [3.8, 4) is 0 Å². The van der Waals surface area contributed by atoms with Gasteiger partial charge in [0.1, 0.15) is 6.33 Å². The Bertz CT molecular complexity index is 280. The van der Waals surface area contributed by atoms with Crippen molar-refractivity contribution in [3.63, 3.8) is 0 Å². The molecular formula is C8H12N4O. The van der Waals surface area contributed by atoms with Gasteiger partial charge in [0.05, 0.1) is 0 Å². The van der Waals surface area contributed by atoms with Crippen LogP contribution in [0.4, 0.5) is 0 Å². The summed E-state index contributed by atoms with van der Waals surface area (Å²) >= 11 is 0. The average molecular weight is 180 g/mol. The number of aromatic nitrogens is 3. The summed E-state index contributed by atoms with van der Waals surface area (Å²) < 4.78 is 0. The van der Waals surface area contributed by atoms with E-state index in [1.54, 1.807) is 6.08 Å². The summed E-state index contributed by atoms with van der Waals surface area (Å²) in [5.41, 5.74) is 0. The first-order chi connectivity index (χ1) is 6.24. The number of H-pyrrole nitrogens is 1. The van der Waals surface area contributed by atoms with E-state index in [9.17, 15) is 4.79 Å². The average Bonchev–Trinajstić information content (AvgIpc) is 2.55. The quantitative estimate of drug-likeness (QED) is 0.663. The van der Waals surface area contributed by atoms with Crippen molar-refractivity contribution >= 4 is 5.91 Å². The van der Waals surface area contributed by atoms with Gasteiger partial charge in [0, 0.05) is 6.04 Å². The Kier molecular flexibility index (Phi) is 3.19. The number of nitrogens with zero attached hydrogens (tertiary/aromatic N) is 2. The van der Waals surface area contributed by atoms with Crippen LogP contribution >= 0.6 is 0 Å². The van der Waals surface area contributed by atoms with Crippen LogP contribution in [0.1, 0.15) is 24.0 Å². The second-order valence-electron chi connectivity index (χ2n) is 2.73. The Balaban J connectivity index is 2.46. The number of aromatic amines is 1. The second kappa shape index (κ2) is 4.39. The van der Waals surface area contributed by atoms with Crippen LogP contribution < -0.4 is 5.32 Å². The highest BCUT2D eigenvalue weighted by molar-refractivity contribution is 5.90. The van der Waals surface area contributed by atoms with Crippen LogP contribution in [0.2, 0.25) is 0 Å². The number of carbonyl (C=O) groups excluding carboxylic acids is 1. The Morgan fingerprint density at radius 1 is 1.92 bits per heavy atom. The molecule has 1 rings (SSSR count).